The van der Waals surface area contributed by atoms with Gasteiger partial charge in [0, 0.05) is 11.6 Å². The Morgan fingerprint density at radius 1 is 1.47 bits per heavy atom. The quantitative estimate of drug-likeness (QED) is 0.936. The van der Waals surface area contributed by atoms with Crippen LogP contribution in [0, 0.1) is 0 Å². The first kappa shape index (κ1) is 12.2. The number of aryl methyl sites for hydroxylation is 1. The number of benzene rings is 1. The summed E-state index contributed by atoms with van der Waals surface area (Å²) in [6, 6.07) is 5.97. The molecule has 98 valence electrons. The van der Waals surface area contributed by atoms with Crippen molar-refractivity contribution < 1.29 is 9.53 Å². The number of nitrogens with one attached hydrogen (secondary N) is 1. The highest BCUT2D eigenvalue weighted by atomic mass is 32.1. The molecule has 0 radical (unpaired) electrons. The molecule has 1 aromatic heterocycles. The van der Waals surface area contributed by atoms with Crippen LogP contribution in [0.5, 0.6) is 5.75 Å². The van der Waals surface area contributed by atoms with E-state index >= 15 is 0 Å². The van der Waals surface area contributed by atoms with E-state index in [0.29, 0.717) is 11.6 Å². The van der Waals surface area contributed by atoms with Crippen molar-refractivity contribution in [2.45, 2.75) is 19.3 Å². The molecule has 1 amide bonds. The number of fused-ring (bicyclic) bond motifs is 1. The fourth-order valence-electron chi connectivity index (χ4n) is 2.16. The number of anilines is 1. The van der Waals surface area contributed by atoms with Gasteiger partial charge in [0.05, 0.1) is 13.0 Å². The maximum atomic E-state index is 11.9. The first-order valence-corrected chi connectivity index (χ1v) is 7.13. The molecule has 4 nitrogen and oxygen atoms in total. The Labute approximate surface area is 115 Å². The van der Waals surface area contributed by atoms with Gasteiger partial charge in [0.15, 0.2) is 5.13 Å². The normalized spacial score (nSPS) is 13.5. The molecule has 2 aromatic rings. The van der Waals surface area contributed by atoms with Crippen molar-refractivity contribution >= 4 is 22.4 Å². The summed E-state index contributed by atoms with van der Waals surface area (Å²) in [5, 5.41) is 5.27. The number of ether oxygens (including phenoxy) is 1. The molecule has 2 heterocycles. The van der Waals surface area contributed by atoms with Gasteiger partial charge in [0.25, 0.3) is 0 Å². The molecule has 0 saturated carbocycles. The number of thiazole rings is 1. The maximum Gasteiger partial charge on any atom is 0.230 e. The monoisotopic (exact) mass is 274 g/mol. The van der Waals surface area contributed by atoms with Crippen molar-refractivity contribution in [2.75, 3.05) is 11.9 Å². The summed E-state index contributed by atoms with van der Waals surface area (Å²) in [5.74, 6) is 0.918. The molecule has 0 spiro atoms. The van der Waals surface area contributed by atoms with Crippen LogP contribution >= 0.6 is 11.3 Å². The van der Waals surface area contributed by atoms with Crippen molar-refractivity contribution in [3.63, 3.8) is 0 Å². The number of carbonyl (C=O) groups is 1. The number of nitrogens with zero attached hydrogens (tertiary/aromatic N) is 1. The number of rotatable bonds is 3. The smallest absolute Gasteiger partial charge is 0.230 e. The minimum atomic E-state index is -0.0355. The molecule has 1 N–H and O–H groups in total. The first-order chi connectivity index (χ1) is 9.31. The number of hydrogen-bond acceptors (Lipinski definition) is 4. The molecule has 19 heavy (non-hydrogen) atoms. The molecule has 3 rings (SSSR count). The van der Waals surface area contributed by atoms with E-state index in [1.165, 1.54) is 16.9 Å². The summed E-state index contributed by atoms with van der Waals surface area (Å²) in [6.07, 6.45) is 4.11. The fourth-order valence-corrected chi connectivity index (χ4v) is 2.70. The Morgan fingerprint density at radius 3 is 3.26 bits per heavy atom. The lowest BCUT2D eigenvalue weighted by Crippen LogP contribution is -2.15. The van der Waals surface area contributed by atoms with Gasteiger partial charge in [-0.3, -0.25) is 4.79 Å². The summed E-state index contributed by atoms with van der Waals surface area (Å²) in [6.45, 7) is 0.789. The SMILES string of the molecule is O=C(Cc1ccc2c(c1)CCCO2)Nc1nccs1. The van der Waals surface area contributed by atoms with Crippen molar-refractivity contribution in [3.05, 3.63) is 40.9 Å². The lowest BCUT2D eigenvalue weighted by Gasteiger charge is -2.17. The summed E-state index contributed by atoms with van der Waals surface area (Å²) < 4.78 is 5.56. The predicted molar refractivity (Wildman–Crippen MR) is 74.7 cm³/mol. The third kappa shape index (κ3) is 2.93. The van der Waals surface area contributed by atoms with Crippen molar-refractivity contribution in [2.24, 2.45) is 0 Å². The van der Waals surface area contributed by atoms with Crippen LogP contribution in [0.15, 0.2) is 29.8 Å². The Hall–Kier alpha value is -1.88. The van der Waals surface area contributed by atoms with Crippen LogP contribution < -0.4 is 10.1 Å². The molecule has 1 aliphatic rings. The van der Waals surface area contributed by atoms with Gasteiger partial charge in [-0.25, -0.2) is 4.98 Å². The second-order valence-corrected chi connectivity index (χ2v) is 5.35. The van der Waals surface area contributed by atoms with Gasteiger partial charge >= 0.3 is 0 Å². The van der Waals surface area contributed by atoms with E-state index < -0.39 is 0 Å². The zero-order valence-electron chi connectivity index (χ0n) is 10.4. The van der Waals surface area contributed by atoms with Crippen LogP contribution in [0.4, 0.5) is 5.13 Å². The van der Waals surface area contributed by atoms with E-state index in [1.54, 1.807) is 6.20 Å². The highest BCUT2D eigenvalue weighted by molar-refractivity contribution is 7.13. The minimum absolute atomic E-state index is 0.0355. The van der Waals surface area contributed by atoms with E-state index in [0.717, 1.165) is 30.8 Å². The Bertz CT molecular complexity index is 581. The lowest BCUT2D eigenvalue weighted by molar-refractivity contribution is -0.115. The summed E-state index contributed by atoms with van der Waals surface area (Å²) in [4.78, 5) is 15.9. The highest BCUT2D eigenvalue weighted by Crippen LogP contribution is 2.25. The maximum absolute atomic E-state index is 11.9. The van der Waals surface area contributed by atoms with Crippen molar-refractivity contribution in [3.8, 4) is 5.75 Å². The van der Waals surface area contributed by atoms with Crippen LogP contribution in [0.1, 0.15) is 17.5 Å². The molecule has 0 atom stereocenters. The Balaban J connectivity index is 1.67. The van der Waals surface area contributed by atoms with Crippen LogP contribution in [-0.2, 0) is 17.6 Å². The van der Waals surface area contributed by atoms with Gasteiger partial charge in [-0.2, -0.15) is 0 Å². The number of carbonyl (C=O) groups excluding carboxylic acids is 1. The Kier molecular flexibility index (Phi) is 3.46. The van der Waals surface area contributed by atoms with Gasteiger partial charge < -0.3 is 10.1 Å². The molecule has 0 saturated heterocycles. The highest BCUT2D eigenvalue weighted by Gasteiger charge is 2.12. The average Bonchev–Trinajstić information content (AvgIpc) is 2.91. The molecule has 0 unspecified atom stereocenters. The van der Waals surface area contributed by atoms with E-state index in [9.17, 15) is 4.79 Å². The molecular formula is C14H14N2O2S. The summed E-state index contributed by atoms with van der Waals surface area (Å²) in [5.41, 5.74) is 2.21. The largest absolute Gasteiger partial charge is 0.493 e. The standard InChI is InChI=1S/C14H14N2O2S/c17-13(16-14-15-5-7-19-14)9-10-3-4-12-11(8-10)2-1-6-18-12/h3-5,7-8H,1-2,6,9H2,(H,15,16,17). The second kappa shape index (κ2) is 5.40. The molecule has 1 aromatic carbocycles. The van der Waals surface area contributed by atoms with Gasteiger partial charge in [0.1, 0.15) is 5.75 Å². The minimum Gasteiger partial charge on any atom is -0.493 e. The van der Waals surface area contributed by atoms with E-state index in [4.69, 9.17) is 4.74 Å². The predicted octanol–water partition coefficient (Wildman–Crippen LogP) is 2.65. The van der Waals surface area contributed by atoms with Crippen LogP contribution in [0.3, 0.4) is 0 Å². The fraction of sp³-hybridized carbons (Fsp3) is 0.286. The van der Waals surface area contributed by atoms with Gasteiger partial charge in [-0.05, 0) is 30.0 Å². The third-order valence-corrected chi connectivity index (χ3v) is 3.70. The van der Waals surface area contributed by atoms with Crippen molar-refractivity contribution in [1.29, 1.82) is 0 Å². The van der Waals surface area contributed by atoms with Crippen LogP contribution in [0.25, 0.3) is 0 Å². The second-order valence-electron chi connectivity index (χ2n) is 4.46. The molecule has 1 aliphatic heterocycles. The van der Waals surface area contributed by atoms with Gasteiger partial charge in [-0.1, -0.05) is 12.1 Å². The molecule has 5 heteroatoms. The van der Waals surface area contributed by atoms with Gasteiger partial charge in [0.2, 0.25) is 5.91 Å². The van der Waals surface area contributed by atoms with Crippen LogP contribution in [-0.4, -0.2) is 17.5 Å². The average molecular weight is 274 g/mol. The topological polar surface area (TPSA) is 51.2 Å². The van der Waals surface area contributed by atoms with E-state index in [2.05, 4.69) is 16.4 Å². The molecule has 0 fully saturated rings. The Morgan fingerprint density at radius 2 is 2.42 bits per heavy atom. The number of amides is 1. The molecule has 0 aliphatic carbocycles. The van der Waals surface area contributed by atoms with Crippen LogP contribution in [0.2, 0.25) is 0 Å². The zero-order chi connectivity index (χ0) is 13.1. The number of hydrogen-bond donors (Lipinski definition) is 1. The molecule has 0 bridgehead atoms. The van der Waals surface area contributed by atoms with E-state index in [1.807, 2.05) is 17.5 Å². The lowest BCUT2D eigenvalue weighted by atomic mass is 10.0. The summed E-state index contributed by atoms with van der Waals surface area (Å²) >= 11 is 1.42. The number of aromatic nitrogens is 1. The van der Waals surface area contributed by atoms with Gasteiger partial charge in [-0.15, -0.1) is 11.3 Å². The first-order valence-electron chi connectivity index (χ1n) is 6.25. The summed E-state index contributed by atoms with van der Waals surface area (Å²) in [7, 11) is 0. The zero-order valence-corrected chi connectivity index (χ0v) is 11.2. The third-order valence-electron chi connectivity index (χ3n) is 3.02. The van der Waals surface area contributed by atoms with Crippen molar-refractivity contribution in [1.82, 2.24) is 4.98 Å². The van der Waals surface area contributed by atoms with E-state index in [-0.39, 0.29) is 5.91 Å². The molecular weight excluding hydrogens is 260 g/mol.